The van der Waals surface area contributed by atoms with Crippen molar-refractivity contribution < 1.29 is 8.42 Å². The molecule has 0 aromatic rings. The van der Waals surface area contributed by atoms with Gasteiger partial charge in [0.2, 0.25) is 11.3 Å². The van der Waals surface area contributed by atoms with Gasteiger partial charge in [0.25, 0.3) is 0 Å². The number of hydrogen-bond acceptors (Lipinski definition) is 4. The van der Waals surface area contributed by atoms with E-state index in [4.69, 9.17) is 17.3 Å². The van der Waals surface area contributed by atoms with Crippen molar-refractivity contribution in [3.05, 3.63) is 0 Å². The maximum atomic E-state index is 10.8. The van der Waals surface area contributed by atoms with Crippen molar-refractivity contribution in [1.82, 2.24) is 4.90 Å². The maximum Gasteiger partial charge on any atom is 0.369 e. The molecule has 0 aromatic heterocycles. The first-order chi connectivity index (χ1) is 5.46. The second-order valence-electron chi connectivity index (χ2n) is 2.00. The van der Waals surface area contributed by atoms with Gasteiger partial charge >= 0.3 is 10.2 Å². The van der Waals surface area contributed by atoms with E-state index < -0.39 is 10.2 Å². The third kappa shape index (κ3) is 1.67. The fourth-order valence-electron chi connectivity index (χ4n) is 0.719. The van der Waals surface area contributed by atoms with Gasteiger partial charge in [-0.2, -0.15) is 8.42 Å². The molecule has 0 bridgehead atoms. The molecular formula is C4H7ClN4O2S. The van der Waals surface area contributed by atoms with Crippen LogP contribution in [0.25, 0.3) is 0 Å². The molecule has 0 saturated heterocycles. The highest BCUT2D eigenvalue weighted by Gasteiger charge is 2.22. The first kappa shape index (κ1) is 9.27. The lowest BCUT2D eigenvalue weighted by molar-refractivity contribution is 0.588. The first-order valence-electron chi connectivity index (χ1n) is 3.09. The highest BCUT2D eigenvalue weighted by molar-refractivity contribution is 7.89. The fraction of sp³-hybridized carbons (Fsp3) is 0.500. The van der Waals surface area contributed by atoms with Gasteiger partial charge in [0.1, 0.15) is 0 Å². The van der Waals surface area contributed by atoms with E-state index in [0.717, 1.165) is 0 Å². The van der Waals surface area contributed by atoms with Gasteiger partial charge in [0.15, 0.2) is 0 Å². The lowest BCUT2D eigenvalue weighted by Crippen LogP contribution is -2.42. The van der Waals surface area contributed by atoms with Crippen molar-refractivity contribution in [1.29, 1.82) is 0 Å². The van der Waals surface area contributed by atoms with E-state index in [2.05, 4.69) is 8.80 Å². The summed E-state index contributed by atoms with van der Waals surface area (Å²) in [5.74, 6) is -0.155. The average Bonchev–Trinajstić information content (AvgIpc) is 1.82. The summed E-state index contributed by atoms with van der Waals surface area (Å²) in [5.41, 5.74) is 5.29. The van der Waals surface area contributed by atoms with Gasteiger partial charge < -0.3 is 5.73 Å². The molecule has 0 amide bonds. The molecule has 2 N–H and O–H groups in total. The van der Waals surface area contributed by atoms with Crippen LogP contribution in [0.2, 0.25) is 0 Å². The molecule has 12 heavy (non-hydrogen) atoms. The molecule has 68 valence electrons. The fourth-order valence-corrected chi connectivity index (χ4v) is 1.85. The van der Waals surface area contributed by atoms with E-state index in [1.165, 1.54) is 4.90 Å². The zero-order valence-corrected chi connectivity index (χ0v) is 7.80. The molecule has 0 fully saturated rings. The highest BCUT2D eigenvalue weighted by Crippen LogP contribution is 2.09. The SMILES string of the molecule is CCN1C(N)=NS(=O)(=O)N=C1Cl. The molecule has 0 atom stereocenters. The number of nitrogens with zero attached hydrogens (tertiary/aromatic N) is 3. The van der Waals surface area contributed by atoms with Gasteiger partial charge in [-0.05, 0) is 18.5 Å². The molecule has 1 heterocycles. The highest BCUT2D eigenvalue weighted by atomic mass is 35.5. The van der Waals surface area contributed by atoms with Gasteiger partial charge in [-0.25, -0.2) is 0 Å². The van der Waals surface area contributed by atoms with E-state index in [1.807, 2.05) is 0 Å². The van der Waals surface area contributed by atoms with E-state index in [1.54, 1.807) is 6.92 Å². The third-order valence-corrected chi connectivity index (χ3v) is 2.43. The van der Waals surface area contributed by atoms with Gasteiger partial charge in [-0.3, -0.25) is 4.90 Å². The molecule has 0 aliphatic carbocycles. The van der Waals surface area contributed by atoms with Crippen LogP contribution in [-0.2, 0) is 10.2 Å². The van der Waals surface area contributed by atoms with E-state index in [-0.39, 0.29) is 11.3 Å². The smallest absolute Gasteiger partial charge is 0.368 e. The van der Waals surface area contributed by atoms with Crippen LogP contribution in [0.5, 0.6) is 0 Å². The molecule has 0 saturated carbocycles. The van der Waals surface area contributed by atoms with Crippen molar-refractivity contribution in [2.45, 2.75) is 6.92 Å². The van der Waals surface area contributed by atoms with E-state index >= 15 is 0 Å². The summed E-state index contributed by atoms with van der Waals surface area (Å²) < 4.78 is 27.8. The Hall–Kier alpha value is -0.820. The Labute approximate surface area is 74.9 Å². The van der Waals surface area contributed by atoms with Crippen molar-refractivity contribution in [3.63, 3.8) is 0 Å². The summed E-state index contributed by atoms with van der Waals surface area (Å²) in [6.07, 6.45) is 0. The lowest BCUT2D eigenvalue weighted by Gasteiger charge is -2.20. The monoisotopic (exact) mass is 210 g/mol. The van der Waals surface area contributed by atoms with Crippen LogP contribution in [0.3, 0.4) is 0 Å². The Bertz CT molecular complexity index is 320. The number of guanidine groups is 1. The standard InChI is InChI=1S/C4H7ClN4O2S/c1-2-9-3(5)7-12(10,11)8-4(9)6/h2H2,1H3,(H2,6,8). The summed E-state index contributed by atoms with van der Waals surface area (Å²) >= 11 is 5.50. The number of amidine groups is 1. The Morgan fingerprint density at radius 3 is 2.58 bits per heavy atom. The maximum absolute atomic E-state index is 10.8. The third-order valence-electron chi connectivity index (χ3n) is 1.22. The number of rotatable bonds is 1. The Morgan fingerprint density at radius 1 is 1.58 bits per heavy atom. The number of hydrogen-bond donors (Lipinski definition) is 1. The van der Waals surface area contributed by atoms with Gasteiger partial charge in [-0.1, -0.05) is 0 Å². The first-order valence-corrected chi connectivity index (χ1v) is 4.87. The zero-order chi connectivity index (χ0) is 9.35. The molecule has 6 nitrogen and oxygen atoms in total. The van der Waals surface area contributed by atoms with Crippen LogP contribution in [-0.4, -0.2) is 31.1 Å². The number of nitrogens with two attached hydrogens (primary N) is 1. The Morgan fingerprint density at radius 2 is 2.17 bits per heavy atom. The van der Waals surface area contributed by atoms with Crippen LogP contribution in [0, 0.1) is 0 Å². The quantitative estimate of drug-likeness (QED) is 0.590. The second-order valence-corrected chi connectivity index (χ2v) is 3.60. The minimum atomic E-state index is -3.85. The van der Waals surface area contributed by atoms with Gasteiger partial charge in [0, 0.05) is 6.54 Å². The van der Waals surface area contributed by atoms with E-state index in [0.29, 0.717) is 6.54 Å². The van der Waals surface area contributed by atoms with Gasteiger partial charge in [0.05, 0.1) is 0 Å². The molecule has 1 aliphatic heterocycles. The summed E-state index contributed by atoms with van der Waals surface area (Å²) in [6, 6.07) is 0. The molecule has 0 spiro atoms. The largest absolute Gasteiger partial charge is 0.369 e. The average molecular weight is 211 g/mol. The molecule has 0 radical (unpaired) electrons. The van der Waals surface area contributed by atoms with Crippen LogP contribution in [0.15, 0.2) is 8.80 Å². The molecule has 8 heteroatoms. The normalized spacial score (nSPS) is 21.7. The van der Waals surface area contributed by atoms with Crippen LogP contribution < -0.4 is 5.73 Å². The van der Waals surface area contributed by atoms with Crippen LogP contribution in [0.1, 0.15) is 6.92 Å². The minimum Gasteiger partial charge on any atom is -0.368 e. The van der Waals surface area contributed by atoms with E-state index in [9.17, 15) is 8.42 Å². The Kier molecular flexibility index (Phi) is 2.25. The molecule has 0 aromatic carbocycles. The molecule has 1 aliphatic rings. The second kappa shape index (κ2) is 2.91. The predicted octanol–water partition coefficient (Wildman–Crippen LogP) is -0.524. The van der Waals surface area contributed by atoms with Crippen LogP contribution in [0.4, 0.5) is 0 Å². The predicted molar refractivity (Wildman–Crippen MR) is 46.2 cm³/mol. The van der Waals surface area contributed by atoms with Crippen molar-refractivity contribution in [3.8, 4) is 0 Å². The van der Waals surface area contributed by atoms with Crippen molar-refractivity contribution in [2.24, 2.45) is 14.5 Å². The summed E-state index contributed by atoms with van der Waals surface area (Å²) in [4.78, 5) is 1.28. The van der Waals surface area contributed by atoms with Gasteiger partial charge in [-0.15, -0.1) is 8.80 Å². The number of halogens is 1. The summed E-state index contributed by atoms with van der Waals surface area (Å²) in [7, 11) is -3.85. The van der Waals surface area contributed by atoms with Crippen LogP contribution >= 0.6 is 11.6 Å². The van der Waals surface area contributed by atoms with Crippen molar-refractivity contribution >= 4 is 33.1 Å². The molecule has 1 rings (SSSR count). The minimum absolute atomic E-state index is 0.155. The summed E-state index contributed by atoms with van der Waals surface area (Å²) in [6.45, 7) is 2.17. The molecule has 0 unspecified atom stereocenters. The summed E-state index contributed by atoms with van der Waals surface area (Å²) in [5, 5.41) is -0.176. The molecular weight excluding hydrogens is 204 g/mol. The lowest BCUT2D eigenvalue weighted by atomic mass is 10.6. The van der Waals surface area contributed by atoms with Crippen molar-refractivity contribution in [2.75, 3.05) is 6.54 Å². The zero-order valence-electron chi connectivity index (χ0n) is 6.23. The Balaban J connectivity index is 3.13. The topological polar surface area (TPSA) is 88.1 Å².